The largest absolute Gasteiger partial charge is 0.310 e. The third-order valence-electron chi connectivity index (χ3n) is 4.93. The molecule has 154 valence electrons. The van der Waals surface area contributed by atoms with E-state index < -0.39 is 31.0 Å². The zero-order valence-electron chi connectivity index (χ0n) is 15.6. The second kappa shape index (κ2) is 8.41. The number of benzene rings is 1. The molecule has 2 aromatic rings. The Kier molecular flexibility index (Phi) is 6.53. The maximum atomic E-state index is 13.0. The van der Waals surface area contributed by atoms with Crippen molar-refractivity contribution in [2.24, 2.45) is 0 Å². The van der Waals surface area contributed by atoms with Crippen LogP contribution in [0.1, 0.15) is 11.6 Å². The summed E-state index contributed by atoms with van der Waals surface area (Å²) in [6.07, 6.45) is 0. The van der Waals surface area contributed by atoms with Gasteiger partial charge in [0.2, 0.25) is 0 Å². The first-order valence-corrected chi connectivity index (χ1v) is 13.4. The van der Waals surface area contributed by atoms with E-state index in [1.807, 2.05) is 31.1 Å². The van der Waals surface area contributed by atoms with Crippen LogP contribution >= 0.6 is 22.9 Å². The van der Waals surface area contributed by atoms with Gasteiger partial charge < -0.3 is 10.2 Å². The fourth-order valence-electron chi connectivity index (χ4n) is 3.43. The van der Waals surface area contributed by atoms with E-state index in [2.05, 4.69) is 5.32 Å². The van der Waals surface area contributed by atoms with Crippen molar-refractivity contribution in [2.75, 3.05) is 32.1 Å². The minimum absolute atomic E-state index is 0.0503. The number of nitrogens with zero attached hydrogens (tertiary/aromatic N) is 1. The Morgan fingerprint density at radius 2 is 1.89 bits per heavy atom. The number of hydrogen-bond donors (Lipinski definition) is 1. The van der Waals surface area contributed by atoms with Crippen molar-refractivity contribution in [3.05, 3.63) is 52.4 Å². The first-order chi connectivity index (χ1) is 13.1. The summed E-state index contributed by atoms with van der Waals surface area (Å²) in [6.45, 7) is 0.422. The van der Waals surface area contributed by atoms with E-state index in [1.165, 1.54) is 6.07 Å². The molecule has 1 fully saturated rings. The third kappa shape index (κ3) is 4.77. The smallest absolute Gasteiger partial charge is 0.193 e. The van der Waals surface area contributed by atoms with Crippen molar-refractivity contribution in [1.29, 1.82) is 0 Å². The first-order valence-electron chi connectivity index (χ1n) is 8.73. The number of sulfone groups is 2. The average Bonchev–Trinajstić information content (AvgIpc) is 3.25. The van der Waals surface area contributed by atoms with Crippen LogP contribution in [0.5, 0.6) is 0 Å². The Morgan fingerprint density at radius 3 is 2.46 bits per heavy atom. The van der Waals surface area contributed by atoms with Gasteiger partial charge in [0.25, 0.3) is 0 Å². The Labute approximate surface area is 175 Å². The van der Waals surface area contributed by atoms with Gasteiger partial charge in [-0.1, -0.05) is 29.8 Å². The van der Waals surface area contributed by atoms with E-state index in [4.69, 9.17) is 11.6 Å². The van der Waals surface area contributed by atoms with Crippen LogP contribution in [0.2, 0.25) is 5.02 Å². The van der Waals surface area contributed by atoms with E-state index in [1.54, 1.807) is 23.6 Å². The number of likely N-dealkylation sites (N-methyl/N-ethyl adjacent to an activating group) is 1. The summed E-state index contributed by atoms with van der Waals surface area (Å²) >= 11 is 7.08. The van der Waals surface area contributed by atoms with Gasteiger partial charge in [0.15, 0.2) is 19.7 Å². The number of rotatable bonds is 7. The molecule has 1 saturated heterocycles. The first kappa shape index (κ1) is 21.7. The highest BCUT2D eigenvalue weighted by Crippen LogP contribution is 2.29. The molecule has 1 aliphatic rings. The molecule has 3 rings (SSSR count). The molecule has 1 aromatic heterocycles. The highest BCUT2D eigenvalue weighted by atomic mass is 35.5. The monoisotopic (exact) mass is 462 g/mol. The predicted molar refractivity (Wildman–Crippen MR) is 114 cm³/mol. The van der Waals surface area contributed by atoms with Gasteiger partial charge in [-0.05, 0) is 43.2 Å². The maximum Gasteiger partial charge on any atom is 0.193 e. The van der Waals surface area contributed by atoms with Crippen molar-refractivity contribution in [3.8, 4) is 0 Å². The molecule has 2 heterocycles. The second-order valence-electron chi connectivity index (χ2n) is 7.14. The highest BCUT2D eigenvalue weighted by molar-refractivity contribution is 7.97. The molecule has 0 amide bonds. The van der Waals surface area contributed by atoms with Crippen molar-refractivity contribution >= 4 is 42.6 Å². The molecule has 10 heteroatoms. The molecule has 0 radical (unpaired) electrons. The van der Waals surface area contributed by atoms with E-state index in [0.717, 1.165) is 16.9 Å². The summed E-state index contributed by atoms with van der Waals surface area (Å²) in [5.74, 6) is -0.526. The SMILES string of the molecule is CN(C)C(CN[C@H]1CS(=O)(=O)C[C@@H]1S(=O)(=O)c1cccs1)c1ccc(Cl)cc1. The summed E-state index contributed by atoms with van der Waals surface area (Å²) < 4.78 is 50.6. The molecule has 0 aliphatic carbocycles. The van der Waals surface area contributed by atoms with Gasteiger partial charge in [0.1, 0.15) is 4.21 Å². The van der Waals surface area contributed by atoms with Gasteiger partial charge in [-0.2, -0.15) is 0 Å². The number of thiophene rings is 1. The lowest BCUT2D eigenvalue weighted by Crippen LogP contribution is -2.46. The van der Waals surface area contributed by atoms with Crippen LogP contribution in [-0.4, -0.2) is 65.2 Å². The maximum absolute atomic E-state index is 13.0. The second-order valence-corrected chi connectivity index (χ2v) is 13.1. The Balaban J connectivity index is 1.81. The molecule has 1 aromatic carbocycles. The van der Waals surface area contributed by atoms with E-state index in [0.29, 0.717) is 11.6 Å². The Morgan fingerprint density at radius 1 is 1.21 bits per heavy atom. The van der Waals surface area contributed by atoms with Crippen LogP contribution in [0, 0.1) is 0 Å². The molecule has 0 saturated carbocycles. The zero-order valence-corrected chi connectivity index (χ0v) is 18.8. The topological polar surface area (TPSA) is 83.6 Å². The zero-order chi connectivity index (χ0) is 20.5. The van der Waals surface area contributed by atoms with Crippen LogP contribution in [-0.2, 0) is 19.7 Å². The number of hydrogen-bond acceptors (Lipinski definition) is 7. The van der Waals surface area contributed by atoms with Crippen LogP contribution in [0.4, 0.5) is 0 Å². The average molecular weight is 463 g/mol. The highest BCUT2D eigenvalue weighted by Gasteiger charge is 2.46. The summed E-state index contributed by atoms with van der Waals surface area (Å²) in [6, 6.07) is 9.93. The molecule has 28 heavy (non-hydrogen) atoms. The summed E-state index contributed by atoms with van der Waals surface area (Å²) in [5.41, 5.74) is 1.01. The number of halogens is 1. The van der Waals surface area contributed by atoms with E-state index in [-0.39, 0.29) is 21.8 Å². The van der Waals surface area contributed by atoms with Crippen LogP contribution in [0.15, 0.2) is 46.0 Å². The molecule has 1 aliphatic heterocycles. The summed E-state index contributed by atoms with van der Waals surface area (Å²) in [5, 5.41) is 4.56. The molecule has 3 atom stereocenters. The van der Waals surface area contributed by atoms with Crippen molar-refractivity contribution in [2.45, 2.75) is 21.5 Å². The van der Waals surface area contributed by atoms with Crippen LogP contribution in [0.3, 0.4) is 0 Å². The van der Waals surface area contributed by atoms with Gasteiger partial charge in [0.05, 0.1) is 16.8 Å². The van der Waals surface area contributed by atoms with E-state index >= 15 is 0 Å². The van der Waals surface area contributed by atoms with Gasteiger partial charge >= 0.3 is 0 Å². The van der Waals surface area contributed by atoms with Crippen molar-refractivity contribution in [1.82, 2.24) is 10.2 Å². The Bertz CT molecular complexity index is 1000. The third-order valence-corrected chi connectivity index (χ3v) is 10.8. The lowest BCUT2D eigenvalue weighted by Gasteiger charge is -2.28. The Hall–Kier alpha value is -0.970. The summed E-state index contributed by atoms with van der Waals surface area (Å²) in [7, 11) is -3.29. The molecule has 6 nitrogen and oxygen atoms in total. The fourth-order valence-corrected chi connectivity index (χ4v) is 9.50. The molecule has 0 bridgehead atoms. The molecule has 1 N–H and O–H groups in total. The lowest BCUT2D eigenvalue weighted by molar-refractivity contribution is 0.282. The normalized spacial score (nSPS) is 23.1. The van der Waals surface area contributed by atoms with Gasteiger partial charge in [-0.25, -0.2) is 16.8 Å². The van der Waals surface area contributed by atoms with E-state index in [9.17, 15) is 16.8 Å². The van der Waals surface area contributed by atoms with Gasteiger partial charge in [-0.15, -0.1) is 11.3 Å². The van der Waals surface area contributed by atoms with Crippen LogP contribution < -0.4 is 5.32 Å². The minimum atomic E-state index is -3.71. The number of nitrogens with one attached hydrogen (secondary N) is 1. The lowest BCUT2D eigenvalue weighted by atomic mass is 10.1. The minimum Gasteiger partial charge on any atom is -0.310 e. The van der Waals surface area contributed by atoms with Crippen LogP contribution in [0.25, 0.3) is 0 Å². The molecular weight excluding hydrogens is 440 g/mol. The predicted octanol–water partition coefficient (Wildman–Crippen LogP) is 2.23. The molecule has 1 unspecified atom stereocenters. The van der Waals surface area contributed by atoms with Crippen molar-refractivity contribution < 1.29 is 16.8 Å². The quantitative estimate of drug-likeness (QED) is 0.679. The summed E-state index contributed by atoms with van der Waals surface area (Å²) in [4.78, 5) is 2.00. The standard InChI is InChI=1S/C18H23ClN2O4S3/c1-21(2)16(13-5-7-14(19)8-6-13)10-20-15-11-27(22,23)12-17(15)28(24,25)18-4-3-9-26-18/h3-9,15-17,20H,10-12H2,1-2H3/t15-,16?,17-/m0/s1. The van der Waals surface area contributed by atoms with Gasteiger partial charge in [-0.3, -0.25) is 0 Å². The van der Waals surface area contributed by atoms with Crippen molar-refractivity contribution in [3.63, 3.8) is 0 Å². The molecule has 0 spiro atoms. The molecular formula is C18H23ClN2O4S3. The fraction of sp³-hybridized carbons (Fsp3) is 0.444. The van der Waals surface area contributed by atoms with Gasteiger partial charge in [0, 0.05) is 23.7 Å².